The molecule has 1 aliphatic rings. The monoisotopic (exact) mass is 291 g/mol. The van der Waals surface area contributed by atoms with E-state index in [4.69, 9.17) is 4.74 Å². The molecular formula is C18H29NO2. The van der Waals surface area contributed by atoms with Crippen LogP contribution in [0, 0.1) is 0 Å². The van der Waals surface area contributed by atoms with Crippen molar-refractivity contribution in [3.63, 3.8) is 0 Å². The molecule has 2 atom stereocenters. The average molecular weight is 291 g/mol. The summed E-state index contributed by atoms with van der Waals surface area (Å²) in [6, 6.07) is 11.1. The second-order valence-corrected chi connectivity index (χ2v) is 6.61. The zero-order chi connectivity index (χ0) is 15.1. The van der Waals surface area contributed by atoms with Gasteiger partial charge in [-0.25, -0.2) is 0 Å². The van der Waals surface area contributed by atoms with Gasteiger partial charge in [0.05, 0.1) is 12.7 Å². The zero-order valence-corrected chi connectivity index (χ0v) is 13.3. The van der Waals surface area contributed by atoms with Gasteiger partial charge in [0, 0.05) is 18.2 Å². The summed E-state index contributed by atoms with van der Waals surface area (Å²) < 4.78 is 5.91. The van der Waals surface area contributed by atoms with Crippen LogP contribution in [0.1, 0.15) is 45.1 Å². The molecule has 1 fully saturated rings. The summed E-state index contributed by atoms with van der Waals surface area (Å²) in [5.41, 5.74) is 1.16. The molecule has 0 saturated heterocycles. The van der Waals surface area contributed by atoms with Crippen LogP contribution in [0.2, 0.25) is 0 Å². The second-order valence-electron chi connectivity index (χ2n) is 6.61. The van der Waals surface area contributed by atoms with Gasteiger partial charge in [-0.1, -0.05) is 30.3 Å². The van der Waals surface area contributed by atoms with Crippen LogP contribution in [0.15, 0.2) is 30.3 Å². The van der Waals surface area contributed by atoms with E-state index in [1.807, 2.05) is 6.07 Å². The van der Waals surface area contributed by atoms with Gasteiger partial charge in [0.2, 0.25) is 0 Å². The van der Waals surface area contributed by atoms with E-state index >= 15 is 0 Å². The molecule has 2 rings (SSSR count). The second kappa shape index (κ2) is 7.92. The maximum absolute atomic E-state index is 9.61. The molecule has 1 aromatic carbocycles. The minimum Gasteiger partial charge on any atom is -0.394 e. The lowest BCUT2D eigenvalue weighted by Crippen LogP contribution is -2.49. The topological polar surface area (TPSA) is 41.5 Å². The highest BCUT2D eigenvalue weighted by Crippen LogP contribution is 2.25. The molecule has 2 unspecified atom stereocenters. The van der Waals surface area contributed by atoms with E-state index in [2.05, 4.69) is 43.4 Å². The van der Waals surface area contributed by atoms with E-state index < -0.39 is 0 Å². The smallest absolute Gasteiger partial charge is 0.0611 e. The van der Waals surface area contributed by atoms with Crippen molar-refractivity contribution in [1.29, 1.82) is 0 Å². The van der Waals surface area contributed by atoms with Crippen molar-refractivity contribution in [3.05, 3.63) is 35.9 Å². The number of aliphatic hydroxyl groups is 1. The van der Waals surface area contributed by atoms with Crippen molar-refractivity contribution in [2.75, 3.05) is 13.2 Å². The summed E-state index contributed by atoms with van der Waals surface area (Å²) in [7, 11) is 0. The molecule has 118 valence electrons. The molecule has 0 aromatic heterocycles. The summed E-state index contributed by atoms with van der Waals surface area (Å²) in [4.78, 5) is 0. The number of aryl methyl sites for hydroxylation is 1. The standard InChI is InChI=1S/C18H29NO2/c1-15(13-18(2,14-20)19-17-10-11-17)21-12-6-9-16-7-4-3-5-8-16/h3-5,7-8,15,17,19-20H,6,9-14H2,1-2H3. The van der Waals surface area contributed by atoms with Crippen LogP contribution >= 0.6 is 0 Å². The number of ether oxygens (including phenoxy) is 1. The Morgan fingerprint density at radius 2 is 2.05 bits per heavy atom. The van der Waals surface area contributed by atoms with Crippen molar-refractivity contribution < 1.29 is 9.84 Å². The fourth-order valence-electron chi connectivity index (χ4n) is 2.79. The number of rotatable bonds is 10. The van der Waals surface area contributed by atoms with Crippen LogP contribution in [0.3, 0.4) is 0 Å². The molecule has 3 heteroatoms. The molecule has 0 heterocycles. The molecule has 0 radical (unpaired) electrons. The Bertz CT molecular complexity index is 405. The lowest BCUT2D eigenvalue weighted by molar-refractivity contribution is 0.0266. The number of aliphatic hydroxyl groups excluding tert-OH is 1. The Labute approximate surface area is 128 Å². The third-order valence-corrected chi connectivity index (χ3v) is 4.07. The number of benzene rings is 1. The van der Waals surface area contributed by atoms with E-state index in [1.54, 1.807) is 0 Å². The molecule has 1 aliphatic carbocycles. The van der Waals surface area contributed by atoms with Crippen molar-refractivity contribution in [3.8, 4) is 0 Å². The van der Waals surface area contributed by atoms with E-state index in [0.717, 1.165) is 25.9 Å². The van der Waals surface area contributed by atoms with Crippen molar-refractivity contribution >= 4 is 0 Å². The molecular weight excluding hydrogens is 262 g/mol. The Morgan fingerprint density at radius 3 is 2.67 bits per heavy atom. The van der Waals surface area contributed by atoms with Gasteiger partial charge in [0.1, 0.15) is 0 Å². The number of hydrogen-bond acceptors (Lipinski definition) is 3. The summed E-state index contributed by atoms with van der Waals surface area (Å²) in [5, 5.41) is 13.1. The molecule has 0 aliphatic heterocycles. The predicted octanol–water partition coefficient (Wildman–Crippen LogP) is 2.92. The Morgan fingerprint density at radius 1 is 1.33 bits per heavy atom. The van der Waals surface area contributed by atoms with Gasteiger partial charge in [0.15, 0.2) is 0 Å². The molecule has 2 N–H and O–H groups in total. The molecule has 1 aromatic rings. The Hall–Kier alpha value is -0.900. The minimum absolute atomic E-state index is 0.168. The van der Waals surface area contributed by atoms with Crippen molar-refractivity contribution in [2.24, 2.45) is 0 Å². The van der Waals surface area contributed by atoms with Crippen molar-refractivity contribution in [2.45, 2.75) is 63.6 Å². The molecule has 1 saturated carbocycles. The van der Waals surface area contributed by atoms with Crippen LogP contribution in [-0.2, 0) is 11.2 Å². The number of nitrogens with one attached hydrogen (secondary N) is 1. The third-order valence-electron chi connectivity index (χ3n) is 4.07. The fourth-order valence-corrected chi connectivity index (χ4v) is 2.79. The van der Waals surface area contributed by atoms with Crippen LogP contribution in [0.4, 0.5) is 0 Å². The largest absolute Gasteiger partial charge is 0.394 e. The first-order valence-electron chi connectivity index (χ1n) is 8.15. The highest BCUT2D eigenvalue weighted by atomic mass is 16.5. The van der Waals surface area contributed by atoms with Crippen LogP contribution in [-0.4, -0.2) is 36.0 Å². The third kappa shape index (κ3) is 6.16. The van der Waals surface area contributed by atoms with E-state index in [1.165, 1.54) is 18.4 Å². The lowest BCUT2D eigenvalue weighted by Gasteiger charge is -2.31. The van der Waals surface area contributed by atoms with Crippen molar-refractivity contribution in [1.82, 2.24) is 5.32 Å². The van der Waals surface area contributed by atoms with Crippen LogP contribution in [0.25, 0.3) is 0 Å². The van der Waals surface area contributed by atoms with Gasteiger partial charge in [-0.05, 0) is 51.5 Å². The van der Waals surface area contributed by atoms with Gasteiger partial charge in [-0.15, -0.1) is 0 Å². The van der Waals surface area contributed by atoms with Gasteiger partial charge >= 0.3 is 0 Å². The fraction of sp³-hybridized carbons (Fsp3) is 0.667. The minimum atomic E-state index is -0.208. The first-order chi connectivity index (χ1) is 10.1. The van der Waals surface area contributed by atoms with Gasteiger partial charge < -0.3 is 15.2 Å². The summed E-state index contributed by atoms with van der Waals surface area (Å²) in [5.74, 6) is 0. The average Bonchev–Trinajstić information content (AvgIpc) is 3.28. The highest BCUT2D eigenvalue weighted by Gasteiger charge is 2.33. The van der Waals surface area contributed by atoms with Crippen LogP contribution in [0.5, 0.6) is 0 Å². The maximum Gasteiger partial charge on any atom is 0.0611 e. The molecule has 0 spiro atoms. The highest BCUT2D eigenvalue weighted by molar-refractivity contribution is 5.14. The molecule has 3 nitrogen and oxygen atoms in total. The SMILES string of the molecule is CC(CC(C)(CO)NC1CC1)OCCCc1ccccc1. The van der Waals surface area contributed by atoms with Gasteiger partial charge in [-0.3, -0.25) is 0 Å². The predicted molar refractivity (Wildman–Crippen MR) is 86.4 cm³/mol. The van der Waals surface area contributed by atoms with Gasteiger partial charge in [0.25, 0.3) is 0 Å². The lowest BCUT2D eigenvalue weighted by atomic mass is 9.95. The quantitative estimate of drug-likeness (QED) is 0.651. The molecule has 0 bridgehead atoms. The van der Waals surface area contributed by atoms with E-state index in [-0.39, 0.29) is 18.2 Å². The first kappa shape index (κ1) is 16.5. The zero-order valence-electron chi connectivity index (χ0n) is 13.3. The maximum atomic E-state index is 9.61. The Balaban J connectivity index is 1.63. The Kier molecular flexibility index (Phi) is 6.22. The number of hydrogen-bond donors (Lipinski definition) is 2. The van der Waals surface area contributed by atoms with Gasteiger partial charge in [-0.2, -0.15) is 0 Å². The van der Waals surface area contributed by atoms with E-state index in [0.29, 0.717) is 6.04 Å². The summed E-state index contributed by atoms with van der Waals surface area (Å²) in [6.45, 7) is 5.14. The summed E-state index contributed by atoms with van der Waals surface area (Å²) in [6.07, 6.45) is 5.60. The first-order valence-corrected chi connectivity index (χ1v) is 8.15. The van der Waals surface area contributed by atoms with Crippen LogP contribution < -0.4 is 5.32 Å². The normalized spacial score (nSPS) is 19.2. The molecule has 21 heavy (non-hydrogen) atoms. The summed E-state index contributed by atoms with van der Waals surface area (Å²) >= 11 is 0. The molecule has 0 amide bonds. The van der Waals surface area contributed by atoms with E-state index in [9.17, 15) is 5.11 Å².